The van der Waals surface area contributed by atoms with Gasteiger partial charge in [-0.05, 0) is 32.0 Å². The molecule has 1 aliphatic rings. The number of hydrazone groups is 1. The molecule has 0 radical (unpaired) electrons. The van der Waals surface area contributed by atoms with Crippen LogP contribution < -0.4 is 10.3 Å². The monoisotopic (exact) mass is 373 g/mol. The summed E-state index contributed by atoms with van der Waals surface area (Å²) in [6.07, 6.45) is 0. The van der Waals surface area contributed by atoms with E-state index >= 15 is 0 Å². The van der Waals surface area contributed by atoms with E-state index in [4.69, 9.17) is 27.9 Å². The summed E-state index contributed by atoms with van der Waals surface area (Å²) in [5.41, 5.74) is 3.38. The van der Waals surface area contributed by atoms with Crippen LogP contribution in [-0.4, -0.2) is 56.0 Å². The van der Waals surface area contributed by atoms with Crippen LogP contribution in [0.4, 0.5) is 5.69 Å². The highest BCUT2D eigenvalue weighted by molar-refractivity contribution is 6.36. The second-order valence-electron chi connectivity index (χ2n) is 5.48. The summed E-state index contributed by atoms with van der Waals surface area (Å²) < 4.78 is 5.14. The number of likely N-dealkylation sites (N-methyl/N-ethyl adjacent to an activating group) is 1. The lowest BCUT2D eigenvalue weighted by Crippen LogP contribution is -3.14. The zero-order valence-corrected chi connectivity index (χ0v) is 15.5. The molecule has 8 heteroatoms. The first-order valence-electron chi connectivity index (χ1n) is 8.09. The number of carbonyl (C=O) groups is 1. The number of ether oxygens (including phenoxy) is 1. The number of amidine groups is 1. The van der Waals surface area contributed by atoms with E-state index in [2.05, 4.69) is 17.5 Å². The van der Waals surface area contributed by atoms with Crippen LogP contribution in [0.25, 0.3) is 0 Å². The number of halogens is 2. The van der Waals surface area contributed by atoms with Crippen LogP contribution in [-0.2, 0) is 9.53 Å². The van der Waals surface area contributed by atoms with Crippen molar-refractivity contribution < 1.29 is 14.4 Å². The van der Waals surface area contributed by atoms with Crippen molar-refractivity contribution in [2.45, 2.75) is 13.8 Å². The predicted molar refractivity (Wildman–Crippen MR) is 97.0 cm³/mol. The number of piperazine rings is 1. The quantitative estimate of drug-likeness (QED) is 0.363. The number of anilines is 1. The van der Waals surface area contributed by atoms with E-state index in [0.29, 0.717) is 22.3 Å². The summed E-state index contributed by atoms with van der Waals surface area (Å²) in [5, 5.41) is 5.27. The molecule has 132 valence electrons. The summed E-state index contributed by atoms with van der Waals surface area (Å²) in [6.45, 7) is 8.76. The van der Waals surface area contributed by atoms with Gasteiger partial charge in [0.1, 0.15) is 0 Å². The predicted octanol–water partition coefficient (Wildman–Crippen LogP) is 1.50. The van der Waals surface area contributed by atoms with Gasteiger partial charge >= 0.3 is 5.97 Å². The van der Waals surface area contributed by atoms with Crippen LogP contribution in [0.1, 0.15) is 13.8 Å². The number of nitrogens with zero attached hydrogens (tertiary/aromatic N) is 2. The Morgan fingerprint density at radius 1 is 1.33 bits per heavy atom. The van der Waals surface area contributed by atoms with Crippen molar-refractivity contribution in [1.29, 1.82) is 0 Å². The minimum absolute atomic E-state index is 0.267. The fraction of sp³-hybridized carbons (Fsp3) is 0.500. The molecule has 1 aliphatic heterocycles. The molecule has 0 aromatic heterocycles. The van der Waals surface area contributed by atoms with E-state index in [-0.39, 0.29) is 5.84 Å². The van der Waals surface area contributed by atoms with Crippen molar-refractivity contribution in [1.82, 2.24) is 4.90 Å². The Balaban J connectivity index is 2.16. The lowest BCUT2D eigenvalue weighted by atomic mass is 10.3. The summed E-state index contributed by atoms with van der Waals surface area (Å²) in [4.78, 5) is 15.7. The first-order valence-corrected chi connectivity index (χ1v) is 8.85. The third-order valence-electron chi connectivity index (χ3n) is 3.94. The van der Waals surface area contributed by atoms with E-state index in [1.54, 1.807) is 25.1 Å². The standard InChI is InChI=1S/C16H22Cl2N4O2/c1-3-21-7-9-22(10-8-21)15(16(23)24-4-2)20-19-14-11-12(17)5-6-13(14)18/h5-6,11,19H,3-4,7-10H2,1-2H3/p+1/b20-15-. The van der Waals surface area contributed by atoms with Crippen LogP contribution in [0.15, 0.2) is 23.3 Å². The summed E-state index contributed by atoms with van der Waals surface area (Å²) >= 11 is 12.1. The maximum atomic E-state index is 12.3. The SMILES string of the molecule is CCOC(=O)/C(=N/Nc1cc(Cl)ccc1Cl)N1CC[NH+](CC)CC1. The van der Waals surface area contributed by atoms with Gasteiger partial charge in [0, 0.05) is 5.02 Å². The molecular formula is C16H23Cl2N4O2+. The van der Waals surface area contributed by atoms with E-state index in [1.165, 1.54) is 4.90 Å². The Labute approximate surface area is 152 Å². The zero-order valence-electron chi connectivity index (χ0n) is 13.9. The summed E-state index contributed by atoms with van der Waals surface area (Å²) in [5.74, 6) is -0.175. The number of quaternary nitrogens is 1. The highest BCUT2D eigenvalue weighted by Crippen LogP contribution is 2.25. The Morgan fingerprint density at radius 3 is 2.67 bits per heavy atom. The van der Waals surface area contributed by atoms with Crippen molar-refractivity contribution in [2.24, 2.45) is 5.10 Å². The normalized spacial score (nSPS) is 16.2. The van der Waals surface area contributed by atoms with Gasteiger partial charge in [-0.3, -0.25) is 5.43 Å². The molecule has 1 aromatic carbocycles. The third-order valence-corrected chi connectivity index (χ3v) is 4.50. The number of nitrogens with one attached hydrogen (secondary N) is 2. The molecule has 2 N–H and O–H groups in total. The molecular weight excluding hydrogens is 351 g/mol. The van der Waals surface area contributed by atoms with E-state index < -0.39 is 5.97 Å². The van der Waals surface area contributed by atoms with Crippen molar-refractivity contribution in [3.05, 3.63) is 28.2 Å². The van der Waals surface area contributed by atoms with Crippen LogP contribution in [0.2, 0.25) is 10.0 Å². The summed E-state index contributed by atoms with van der Waals surface area (Å²) in [7, 11) is 0. The van der Waals surface area contributed by atoms with Crippen molar-refractivity contribution in [3.8, 4) is 0 Å². The maximum Gasteiger partial charge on any atom is 0.376 e. The molecule has 24 heavy (non-hydrogen) atoms. The highest BCUT2D eigenvalue weighted by atomic mass is 35.5. The topological polar surface area (TPSA) is 58.4 Å². The van der Waals surface area contributed by atoms with Gasteiger partial charge < -0.3 is 14.5 Å². The number of hydrogen-bond acceptors (Lipinski definition) is 4. The first kappa shape index (κ1) is 18.8. The largest absolute Gasteiger partial charge is 0.460 e. The van der Waals surface area contributed by atoms with Crippen LogP contribution in [0, 0.1) is 0 Å². The average Bonchev–Trinajstić information content (AvgIpc) is 2.59. The highest BCUT2D eigenvalue weighted by Gasteiger charge is 2.27. The Bertz CT molecular complexity index is 602. The van der Waals surface area contributed by atoms with Crippen LogP contribution in [0.3, 0.4) is 0 Å². The molecule has 0 atom stereocenters. The van der Waals surface area contributed by atoms with E-state index in [0.717, 1.165) is 32.7 Å². The lowest BCUT2D eigenvalue weighted by molar-refractivity contribution is -0.902. The van der Waals surface area contributed by atoms with Crippen molar-refractivity contribution in [3.63, 3.8) is 0 Å². The van der Waals surface area contributed by atoms with Crippen LogP contribution in [0.5, 0.6) is 0 Å². The number of esters is 1. The van der Waals surface area contributed by atoms with E-state index in [1.807, 2.05) is 4.90 Å². The van der Waals surface area contributed by atoms with Gasteiger partial charge in [-0.2, -0.15) is 0 Å². The molecule has 1 heterocycles. The number of hydrogen-bond donors (Lipinski definition) is 2. The maximum absolute atomic E-state index is 12.3. The smallest absolute Gasteiger partial charge is 0.376 e. The Morgan fingerprint density at radius 2 is 2.04 bits per heavy atom. The molecule has 0 bridgehead atoms. The molecule has 1 aromatic rings. The molecule has 0 spiro atoms. The molecule has 2 rings (SSSR count). The molecule has 6 nitrogen and oxygen atoms in total. The zero-order chi connectivity index (χ0) is 17.5. The number of benzene rings is 1. The van der Waals surface area contributed by atoms with Gasteiger partial charge in [-0.1, -0.05) is 23.2 Å². The van der Waals surface area contributed by atoms with Gasteiger partial charge in [-0.15, -0.1) is 5.10 Å². The van der Waals surface area contributed by atoms with Crippen molar-refractivity contribution >= 4 is 40.7 Å². The minimum atomic E-state index is -0.442. The lowest BCUT2D eigenvalue weighted by Gasteiger charge is -2.32. The number of rotatable bonds is 4. The van der Waals surface area contributed by atoms with Crippen LogP contribution >= 0.6 is 23.2 Å². The average molecular weight is 374 g/mol. The van der Waals surface area contributed by atoms with Crippen molar-refractivity contribution in [2.75, 3.05) is 44.8 Å². The van der Waals surface area contributed by atoms with Gasteiger partial charge in [-0.25, -0.2) is 4.79 Å². The third kappa shape index (κ3) is 5.00. The van der Waals surface area contributed by atoms with E-state index in [9.17, 15) is 4.79 Å². The van der Waals surface area contributed by atoms with Gasteiger partial charge in [0.25, 0.3) is 0 Å². The fourth-order valence-electron chi connectivity index (χ4n) is 2.53. The second kappa shape index (κ2) is 9.11. The minimum Gasteiger partial charge on any atom is -0.460 e. The second-order valence-corrected chi connectivity index (χ2v) is 6.33. The Kier molecular flexibility index (Phi) is 7.15. The molecule has 0 aliphatic carbocycles. The molecule has 1 fully saturated rings. The fourth-order valence-corrected chi connectivity index (χ4v) is 2.86. The molecule has 0 unspecified atom stereocenters. The van der Waals surface area contributed by atoms with Gasteiger partial charge in [0.05, 0.1) is 50.0 Å². The molecule has 0 saturated carbocycles. The number of carbonyl (C=O) groups excluding carboxylic acids is 1. The molecule has 1 saturated heterocycles. The first-order chi connectivity index (χ1) is 11.5. The Hall–Kier alpha value is -1.50. The van der Waals surface area contributed by atoms with Gasteiger partial charge in [0.15, 0.2) is 0 Å². The molecule has 0 amide bonds. The van der Waals surface area contributed by atoms with Gasteiger partial charge in [0.2, 0.25) is 5.84 Å². The summed E-state index contributed by atoms with van der Waals surface area (Å²) in [6, 6.07) is 5.03.